The van der Waals surface area contributed by atoms with Crippen LogP contribution in [0.3, 0.4) is 0 Å². The second kappa shape index (κ2) is 3.13. The van der Waals surface area contributed by atoms with Crippen molar-refractivity contribution >= 4 is 0 Å². The van der Waals surface area contributed by atoms with Gasteiger partial charge in [0.1, 0.15) is 0 Å². The largest absolute Gasteiger partial charge is 0.392 e. The molecule has 1 nitrogen and oxygen atoms in total. The molecule has 1 N–H and O–H groups in total. The molecule has 0 aromatic heterocycles. The number of aliphatic hydroxyl groups is 1. The molecule has 0 bridgehead atoms. The molecule has 0 amide bonds. The van der Waals surface area contributed by atoms with E-state index in [1.165, 1.54) is 5.57 Å². The van der Waals surface area contributed by atoms with Crippen LogP contribution >= 0.6 is 0 Å². The molecule has 0 spiro atoms. The maximum atomic E-state index is 10.2. The zero-order chi connectivity index (χ0) is 10.3. The van der Waals surface area contributed by atoms with Crippen LogP contribution in [0, 0.1) is 10.8 Å². The van der Waals surface area contributed by atoms with E-state index in [1.54, 1.807) is 0 Å². The average molecular weight is 182 g/mol. The lowest BCUT2D eigenvalue weighted by atomic mass is 9.62. The summed E-state index contributed by atoms with van der Waals surface area (Å²) in [6.45, 7) is 10.7. The first-order valence-electron chi connectivity index (χ1n) is 5.20. The lowest BCUT2D eigenvalue weighted by molar-refractivity contribution is -0.0325. The van der Waals surface area contributed by atoms with Crippen LogP contribution in [0.2, 0.25) is 0 Å². The van der Waals surface area contributed by atoms with Gasteiger partial charge >= 0.3 is 0 Å². The number of allylic oxidation sites excluding steroid dienone is 1. The first kappa shape index (κ1) is 10.8. The minimum Gasteiger partial charge on any atom is -0.392 e. The number of aliphatic hydroxyl groups excluding tert-OH is 1. The molecule has 0 aliphatic heterocycles. The lowest BCUT2D eigenvalue weighted by Crippen LogP contribution is -2.45. The van der Waals surface area contributed by atoms with Crippen LogP contribution in [0.1, 0.15) is 47.5 Å². The van der Waals surface area contributed by atoms with Crippen molar-refractivity contribution in [2.75, 3.05) is 0 Å². The predicted octanol–water partition coefficient (Wildman–Crippen LogP) is 3.14. The Morgan fingerprint density at radius 2 is 1.92 bits per heavy atom. The highest BCUT2D eigenvalue weighted by Crippen LogP contribution is 2.46. The van der Waals surface area contributed by atoms with E-state index in [-0.39, 0.29) is 16.9 Å². The summed E-state index contributed by atoms with van der Waals surface area (Å²) < 4.78 is 0. The van der Waals surface area contributed by atoms with Crippen LogP contribution < -0.4 is 0 Å². The molecule has 76 valence electrons. The molecule has 0 saturated heterocycles. The Kier molecular flexibility index (Phi) is 2.59. The Morgan fingerprint density at radius 1 is 1.38 bits per heavy atom. The van der Waals surface area contributed by atoms with Crippen molar-refractivity contribution < 1.29 is 5.11 Å². The number of rotatable bonds is 1. The van der Waals surface area contributed by atoms with Crippen LogP contribution in [0.5, 0.6) is 0 Å². The van der Waals surface area contributed by atoms with Crippen molar-refractivity contribution in [3.8, 4) is 0 Å². The van der Waals surface area contributed by atoms with Crippen LogP contribution in [0.15, 0.2) is 11.6 Å². The highest BCUT2D eigenvalue weighted by molar-refractivity contribution is 5.20. The van der Waals surface area contributed by atoms with Crippen LogP contribution in [0.25, 0.3) is 0 Å². The summed E-state index contributed by atoms with van der Waals surface area (Å²) in [6, 6.07) is 0. The molecule has 1 atom stereocenters. The third-order valence-corrected chi connectivity index (χ3v) is 3.51. The molecule has 1 aliphatic carbocycles. The summed E-state index contributed by atoms with van der Waals surface area (Å²) in [5, 5.41) is 10.2. The summed E-state index contributed by atoms with van der Waals surface area (Å²) in [5.74, 6) is 0. The summed E-state index contributed by atoms with van der Waals surface area (Å²) in [4.78, 5) is 0. The molecule has 0 radical (unpaired) electrons. The Bertz CT molecular complexity index is 223. The molecule has 1 unspecified atom stereocenters. The van der Waals surface area contributed by atoms with Crippen molar-refractivity contribution in [2.24, 2.45) is 10.8 Å². The fraction of sp³-hybridized carbons (Fsp3) is 0.833. The van der Waals surface area contributed by atoms with Gasteiger partial charge in [-0.3, -0.25) is 0 Å². The second-order valence-corrected chi connectivity index (χ2v) is 5.40. The Hall–Kier alpha value is -0.300. The number of hydrogen-bond acceptors (Lipinski definition) is 1. The summed E-state index contributed by atoms with van der Waals surface area (Å²) in [6.07, 6.45) is 4.15. The van der Waals surface area contributed by atoms with Gasteiger partial charge in [-0.2, -0.15) is 0 Å². The molecule has 0 heterocycles. The standard InChI is InChI=1S/C12H22O/c1-6-9-7-8-11(2,3)10(13)12(9,4)5/h7,10,13H,6,8H2,1-5H3. The van der Waals surface area contributed by atoms with Gasteiger partial charge in [0.05, 0.1) is 6.10 Å². The van der Waals surface area contributed by atoms with Gasteiger partial charge in [-0.1, -0.05) is 46.3 Å². The van der Waals surface area contributed by atoms with Gasteiger partial charge in [-0.25, -0.2) is 0 Å². The first-order valence-corrected chi connectivity index (χ1v) is 5.20. The number of hydrogen-bond donors (Lipinski definition) is 1. The van der Waals surface area contributed by atoms with E-state index < -0.39 is 0 Å². The van der Waals surface area contributed by atoms with Crippen molar-refractivity contribution in [3.05, 3.63) is 11.6 Å². The monoisotopic (exact) mass is 182 g/mol. The quantitative estimate of drug-likeness (QED) is 0.618. The van der Waals surface area contributed by atoms with Crippen LogP contribution in [0.4, 0.5) is 0 Å². The van der Waals surface area contributed by atoms with E-state index in [0.29, 0.717) is 0 Å². The second-order valence-electron chi connectivity index (χ2n) is 5.40. The maximum Gasteiger partial charge on any atom is 0.0681 e. The minimum atomic E-state index is -0.222. The van der Waals surface area contributed by atoms with Gasteiger partial charge in [0.2, 0.25) is 0 Å². The highest BCUT2D eigenvalue weighted by atomic mass is 16.3. The van der Waals surface area contributed by atoms with Gasteiger partial charge in [0.25, 0.3) is 0 Å². The third-order valence-electron chi connectivity index (χ3n) is 3.51. The van der Waals surface area contributed by atoms with Crippen molar-refractivity contribution in [1.29, 1.82) is 0 Å². The van der Waals surface area contributed by atoms with Crippen molar-refractivity contribution in [1.82, 2.24) is 0 Å². The third kappa shape index (κ3) is 1.67. The van der Waals surface area contributed by atoms with Crippen molar-refractivity contribution in [2.45, 2.75) is 53.6 Å². The summed E-state index contributed by atoms with van der Waals surface area (Å²) >= 11 is 0. The topological polar surface area (TPSA) is 20.2 Å². The van der Waals surface area contributed by atoms with E-state index in [0.717, 1.165) is 12.8 Å². The van der Waals surface area contributed by atoms with E-state index in [2.05, 4.69) is 40.7 Å². The molecule has 0 fully saturated rings. The van der Waals surface area contributed by atoms with Gasteiger partial charge in [0, 0.05) is 5.41 Å². The van der Waals surface area contributed by atoms with Gasteiger partial charge in [-0.15, -0.1) is 0 Å². The Morgan fingerprint density at radius 3 is 2.38 bits per heavy atom. The van der Waals surface area contributed by atoms with Gasteiger partial charge in [0.15, 0.2) is 0 Å². The molecule has 0 saturated carbocycles. The molecule has 0 aromatic carbocycles. The lowest BCUT2D eigenvalue weighted by Gasteiger charge is -2.46. The minimum absolute atomic E-state index is 0.0299. The van der Waals surface area contributed by atoms with Crippen molar-refractivity contribution in [3.63, 3.8) is 0 Å². The predicted molar refractivity (Wildman–Crippen MR) is 56.6 cm³/mol. The molecular weight excluding hydrogens is 160 g/mol. The van der Waals surface area contributed by atoms with Crippen LogP contribution in [-0.2, 0) is 0 Å². The zero-order valence-corrected chi connectivity index (χ0v) is 9.52. The summed E-state index contributed by atoms with van der Waals surface area (Å²) in [5.41, 5.74) is 1.39. The van der Waals surface area contributed by atoms with Gasteiger partial charge < -0.3 is 5.11 Å². The molecule has 0 aromatic rings. The van der Waals surface area contributed by atoms with E-state index in [9.17, 15) is 5.11 Å². The summed E-state index contributed by atoms with van der Waals surface area (Å²) in [7, 11) is 0. The zero-order valence-electron chi connectivity index (χ0n) is 9.52. The first-order chi connectivity index (χ1) is 5.82. The fourth-order valence-electron chi connectivity index (χ4n) is 2.51. The maximum absolute atomic E-state index is 10.2. The fourth-order valence-corrected chi connectivity index (χ4v) is 2.51. The Balaban J connectivity index is 3.03. The molecule has 1 rings (SSSR count). The van der Waals surface area contributed by atoms with E-state index in [4.69, 9.17) is 0 Å². The van der Waals surface area contributed by atoms with Gasteiger partial charge in [-0.05, 0) is 18.3 Å². The molecular formula is C12H22O. The van der Waals surface area contributed by atoms with E-state index in [1.807, 2.05) is 0 Å². The smallest absolute Gasteiger partial charge is 0.0681 e. The normalized spacial score (nSPS) is 31.2. The molecule has 13 heavy (non-hydrogen) atoms. The van der Waals surface area contributed by atoms with Crippen LogP contribution in [-0.4, -0.2) is 11.2 Å². The highest BCUT2D eigenvalue weighted by Gasteiger charge is 2.43. The molecule has 1 heteroatoms. The average Bonchev–Trinajstić information content (AvgIpc) is 2.01. The molecule has 1 aliphatic rings. The van der Waals surface area contributed by atoms with E-state index >= 15 is 0 Å². The Labute approximate surface area is 81.9 Å². The SMILES string of the molecule is CCC1=CCC(C)(C)C(O)C1(C)C.